The first-order valence-corrected chi connectivity index (χ1v) is 8.74. The lowest BCUT2D eigenvalue weighted by Gasteiger charge is -2.23. The number of carbonyl (C=O) groups is 1. The topological polar surface area (TPSA) is 41.9 Å². The first-order valence-electron chi connectivity index (χ1n) is 8.74. The van der Waals surface area contributed by atoms with E-state index in [0.717, 1.165) is 28.3 Å². The van der Waals surface area contributed by atoms with Crippen LogP contribution < -0.4 is 9.64 Å². The number of amidine groups is 1. The van der Waals surface area contributed by atoms with Gasteiger partial charge in [-0.1, -0.05) is 35.9 Å². The summed E-state index contributed by atoms with van der Waals surface area (Å²) in [6.07, 6.45) is 0. The normalized spacial score (nSPS) is 11.1. The smallest absolute Gasteiger partial charge is 0.229 e. The number of benzene rings is 3. The largest absolute Gasteiger partial charge is 0.497 e. The third-order valence-electron chi connectivity index (χ3n) is 4.16. The summed E-state index contributed by atoms with van der Waals surface area (Å²) in [4.78, 5) is 19.0. The van der Waals surface area contributed by atoms with E-state index in [2.05, 4.69) is 0 Å². The molecule has 0 bridgehead atoms. The quantitative estimate of drug-likeness (QED) is 0.479. The van der Waals surface area contributed by atoms with Crippen molar-refractivity contribution in [3.8, 4) is 5.75 Å². The molecule has 0 saturated carbocycles. The van der Waals surface area contributed by atoms with Gasteiger partial charge in [0, 0.05) is 12.5 Å². The summed E-state index contributed by atoms with van der Waals surface area (Å²) in [5.74, 6) is 1.21. The number of amides is 1. The van der Waals surface area contributed by atoms with Crippen molar-refractivity contribution in [1.29, 1.82) is 0 Å². The Labute approximate surface area is 159 Å². The fourth-order valence-corrected chi connectivity index (χ4v) is 2.76. The number of anilines is 1. The number of aliphatic imine (C=N–C) groups is 1. The van der Waals surface area contributed by atoms with Crippen molar-refractivity contribution in [3.05, 3.63) is 90.0 Å². The highest BCUT2D eigenvalue weighted by Crippen LogP contribution is 2.23. The molecule has 27 heavy (non-hydrogen) atoms. The zero-order valence-electron chi connectivity index (χ0n) is 15.7. The zero-order valence-corrected chi connectivity index (χ0v) is 15.7. The van der Waals surface area contributed by atoms with Crippen LogP contribution in [-0.2, 0) is 4.79 Å². The molecule has 0 atom stereocenters. The monoisotopic (exact) mass is 358 g/mol. The Kier molecular flexibility index (Phi) is 5.67. The minimum atomic E-state index is -0.108. The number of hydrogen-bond donors (Lipinski definition) is 0. The van der Waals surface area contributed by atoms with E-state index in [0.29, 0.717) is 5.84 Å². The second kappa shape index (κ2) is 8.32. The highest BCUT2D eigenvalue weighted by atomic mass is 16.5. The molecule has 3 aromatic carbocycles. The van der Waals surface area contributed by atoms with Gasteiger partial charge < -0.3 is 4.74 Å². The third kappa shape index (κ3) is 4.42. The van der Waals surface area contributed by atoms with Crippen LogP contribution in [0.25, 0.3) is 0 Å². The maximum absolute atomic E-state index is 12.5. The second-order valence-electron chi connectivity index (χ2n) is 6.19. The lowest BCUT2D eigenvalue weighted by Crippen LogP contribution is -2.35. The molecule has 3 aromatic rings. The van der Waals surface area contributed by atoms with Crippen molar-refractivity contribution in [2.45, 2.75) is 13.8 Å². The van der Waals surface area contributed by atoms with Crippen molar-refractivity contribution < 1.29 is 9.53 Å². The van der Waals surface area contributed by atoms with E-state index in [-0.39, 0.29) is 5.91 Å². The molecule has 0 unspecified atom stereocenters. The highest BCUT2D eigenvalue weighted by Gasteiger charge is 2.20. The van der Waals surface area contributed by atoms with E-state index in [1.165, 1.54) is 0 Å². The molecule has 1 amide bonds. The Balaban J connectivity index is 2.15. The summed E-state index contributed by atoms with van der Waals surface area (Å²) in [6, 6.07) is 25.0. The van der Waals surface area contributed by atoms with Crippen molar-refractivity contribution in [2.75, 3.05) is 12.0 Å². The Morgan fingerprint density at radius 1 is 0.889 bits per heavy atom. The Morgan fingerprint density at radius 3 is 2.07 bits per heavy atom. The predicted molar refractivity (Wildman–Crippen MR) is 110 cm³/mol. The van der Waals surface area contributed by atoms with Crippen LogP contribution in [0.4, 0.5) is 11.4 Å². The van der Waals surface area contributed by atoms with Crippen LogP contribution in [-0.4, -0.2) is 18.9 Å². The zero-order chi connectivity index (χ0) is 19.2. The van der Waals surface area contributed by atoms with Gasteiger partial charge in [0.25, 0.3) is 0 Å². The molecule has 0 fully saturated rings. The second-order valence-corrected chi connectivity index (χ2v) is 6.19. The lowest BCUT2D eigenvalue weighted by atomic mass is 10.1. The summed E-state index contributed by atoms with van der Waals surface area (Å²) >= 11 is 0. The van der Waals surface area contributed by atoms with Crippen LogP contribution in [0.2, 0.25) is 0 Å². The molecule has 0 radical (unpaired) electrons. The molecule has 0 aromatic heterocycles. The van der Waals surface area contributed by atoms with E-state index in [1.54, 1.807) is 18.9 Å². The van der Waals surface area contributed by atoms with Crippen LogP contribution in [0.15, 0.2) is 83.9 Å². The molecule has 0 aliphatic carbocycles. The van der Waals surface area contributed by atoms with E-state index >= 15 is 0 Å². The van der Waals surface area contributed by atoms with Gasteiger partial charge in [0.1, 0.15) is 11.6 Å². The Bertz CT molecular complexity index is 930. The number of carbonyl (C=O) groups excluding carboxylic acids is 1. The van der Waals surface area contributed by atoms with Gasteiger partial charge in [-0.3, -0.25) is 9.69 Å². The molecule has 4 nitrogen and oxygen atoms in total. The number of ether oxygens (including phenoxy) is 1. The molecular formula is C23H22N2O2. The van der Waals surface area contributed by atoms with Gasteiger partial charge in [-0.15, -0.1) is 0 Å². The van der Waals surface area contributed by atoms with Gasteiger partial charge in [-0.05, 0) is 55.5 Å². The van der Waals surface area contributed by atoms with Crippen LogP contribution in [0.5, 0.6) is 5.75 Å². The van der Waals surface area contributed by atoms with E-state index in [1.807, 2.05) is 85.8 Å². The minimum absolute atomic E-state index is 0.108. The molecular weight excluding hydrogens is 336 g/mol. The predicted octanol–water partition coefficient (Wildman–Crippen LogP) is 5.14. The molecule has 4 heteroatoms. The number of hydrogen-bond acceptors (Lipinski definition) is 3. The summed E-state index contributed by atoms with van der Waals surface area (Å²) in [5.41, 5.74) is 3.54. The summed E-state index contributed by atoms with van der Waals surface area (Å²) in [7, 11) is 1.63. The molecule has 0 saturated heterocycles. The van der Waals surface area contributed by atoms with Crippen LogP contribution in [0.1, 0.15) is 18.1 Å². The van der Waals surface area contributed by atoms with Crippen molar-refractivity contribution in [1.82, 2.24) is 0 Å². The summed E-state index contributed by atoms with van der Waals surface area (Å²) in [6.45, 7) is 3.57. The Hall–Kier alpha value is -3.40. The summed E-state index contributed by atoms with van der Waals surface area (Å²) < 4.78 is 5.25. The number of para-hydroxylation sites is 1. The first-order chi connectivity index (χ1) is 13.1. The van der Waals surface area contributed by atoms with Gasteiger partial charge in [0.05, 0.1) is 18.5 Å². The standard InChI is InChI=1S/C23H22N2O2/c1-17-9-13-20(14-10-17)24-23(19-11-15-22(27-3)16-12-19)25(18(2)26)21-7-5-4-6-8-21/h4-16H,1-3H3. The van der Waals surface area contributed by atoms with Crippen molar-refractivity contribution in [2.24, 2.45) is 4.99 Å². The maximum Gasteiger partial charge on any atom is 0.229 e. The fraction of sp³-hybridized carbons (Fsp3) is 0.130. The average molecular weight is 358 g/mol. The maximum atomic E-state index is 12.5. The molecule has 0 N–H and O–H groups in total. The SMILES string of the molecule is COc1ccc(C(=Nc2ccc(C)cc2)N(C(C)=O)c2ccccc2)cc1. The first kappa shape index (κ1) is 18.4. The molecule has 0 heterocycles. The molecule has 136 valence electrons. The Morgan fingerprint density at radius 2 is 1.52 bits per heavy atom. The van der Waals surface area contributed by atoms with Crippen LogP contribution in [0, 0.1) is 6.92 Å². The van der Waals surface area contributed by atoms with Gasteiger partial charge in [0.2, 0.25) is 5.91 Å². The van der Waals surface area contributed by atoms with Crippen LogP contribution >= 0.6 is 0 Å². The van der Waals surface area contributed by atoms with E-state index in [4.69, 9.17) is 9.73 Å². The van der Waals surface area contributed by atoms with Gasteiger partial charge in [-0.2, -0.15) is 0 Å². The lowest BCUT2D eigenvalue weighted by molar-refractivity contribution is -0.115. The van der Waals surface area contributed by atoms with Crippen molar-refractivity contribution in [3.63, 3.8) is 0 Å². The average Bonchev–Trinajstić information content (AvgIpc) is 2.70. The molecule has 0 aliphatic rings. The summed E-state index contributed by atoms with van der Waals surface area (Å²) in [5, 5.41) is 0. The number of rotatable bonds is 4. The number of aryl methyl sites for hydroxylation is 1. The third-order valence-corrected chi connectivity index (χ3v) is 4.16. The van der Waals surface area contributed by atoms with Gasteiger partial charge in [-0.25, -0.2) is 4.99 Å². The fourth-order valence-electron chi connectivity index (χ4n) is 2.76. The molecule has 0 spiro atoms. The van der Waals surface area contributed by atoms with E-state index in [9.17, 15) is 4.79 Å². The van der Waals surface area contributed by atoms with E-state index < -0.39 is 0 Å². The van der Waals surface area contributed by atoms with Crippen molar-refractivity contribution >= 4 is 23.1 Å². The number of methoxy groups -OCH3 is 1. The highest BCUT2D eigenvalue weighted by molar-refractivity contribution is 6.23. The number of nitrogens with zero attached hydrogens (tertiary/aromatic N) is 2. The van der Waals surface area contributed by atoms with Gasteiger partial charge >= 0.3 is 0 Å². The molecule has 0 aliphatic heterocycles. The van der Waals surface area contributed by atoms with Crippen LogP contribution in [0.3, 0.4) is 0 Å². The molecule has 3 rings (SSSR count). The minimum Gasteiger partial charge on any atom is -0.497 e. The van der Waals surface area contributed by atoms with Gasteiger partial charge in [0.15, 0.2) is 0 Å².